The number of anilines is 1. The highest BCUT2D eigenvalue weighted by Gasteiger charge is 2.23. The maximum atomic E-state index is 12.2. The average Bonchev–Trinajstić information content (AvgIpc) is 2.92. The van der Waals surface area contributed by atoms with Gasteiger partial charge < -0.3 is 9.88 Å². The number of Topliss-reactive ketones (excluding diaryl/α,β-unsaturated/α-hetero) is 1. The van der Waals surface area contributed by atoms with Crippen LogP contribution in [0, 0.1) is 5.92 Å². The van der Waals surface area contributed by atoms with E-state index in [-0.39, 0.29) is 5.78 Å². The fourth-order valence-corrected chi connectivity index (χ4v) is 2.82. The summed E-state index contributed by atoms with van der Waals surface area (Å²) in [4.78, 5) is 17.4. The standard InChI is InChI=1S/C16H18N2O/c1-12-9-13-5-2-3-7-15(13)18(10-12)11-16(19)14-6-4-8-17-14/h2-8,12,17H,9-11H2,1H3. The van der Waals surface area contributed by atoms with Gasteiger partial charge in [0.1, 0.15) is 0 Å². The number of ketones is 1. The number of carbonyl (C=O) groups is 1. The van der Waals surface area contributed by atoms with Crippen LogP contribution in [0.2, 0.25) is 0 Å². The first-order valence-electron chi connectivity index (χ1n) is 6.73. The van der Waals surface area contributed by atoms with Crippen LogP contribution in [-0.2, 0) is 6.42 Å². The van der Waals surface area contributed by atoms with Crippen LogP contribution in [0.1, 0.15) is 23.0 Å². The second kappa shape index (κ2) is 4.92. The van der Waals surface area contributed by atoms with Gasteiger partial charge in [-0.25, -0.2) is 0 Å². The minimum atomic E-state index is 0.147. The lowest BCUT2D eigenvalue weighted by Gasteiger charge is -2.34. The lowest BCUT2D eigenvalue weighted by atomic mass is 9.93. The minimum Gasteiger partial charge on any atom is -0.363 e. The van der Waals surface area contributed by atoms with Crippen molar-refractivity contribution in [3.8, 4) is 0 Å². The monoisotopic (exact) mass is 254 g/mol. The molecule has 0 aliphatic carbocycles. The summed E-state index contributed by atoms with van der Waals surface area (Å²) in [5, 5.41) is 0. The van der Waals surface area contributed by atoms with E-state index in [1.54, 1.807) is 6.20 Å². The van der Waals surface area contributed by atoms with Gasteiger partial charge >= 0.3 is 0 Å². The molecular weight excluding hydrogens is 236 g/mol. The number of para-hydroxylation sites is 1. The van der Waals surface area contributed by atoms with Crippen LogP contribution in [-0.4, -0.2) is 23.9 Å². The van der Waals surface area contributed by atoms with Crippen LogP contribution in [0.3, 0.4) is 0 Å². The van der Waals surface area contributed by atoms with Crippen molar-refractivity contribution in [2.75, 3.05) is 18.0 Å². The molecule has 0 saturated carbocycles. The maximum absolute atomic E-state index is 12.2. The van der Waals surface area contributed by atoms with Gasteiger partial charge in [-0.05, 0) is 36.1 Å². The largest absolute Gasteiger partial charge is 0.363 e. The first-order chi connectivity index (χ1) is 9.24. The summed E-state index contributed by atoms with van der Waals surface area (Å²) in [5.41, 5.74) is 3.25. The molecular formula is C16H18N2O. The number of hydrogen-bond acceptors (Lipinski definition) is 2. The lowest BCUT2D eigenvalue weighted by molar-refractivity contribution is 0.0994. The molecule has 19 heavy (non-hydrogen) atoms. The van der Waals surface area contributed by atoms with Gasteiger partial charge in [0.2, 0.25) is 0 Å². The smallest absolute Gasteiger partial charge is 0.198 e. The summed E-state index contributed by atoms with van der Waals surface area (Å²) in [6, 6.07) is 12.1. The predicted molar refractivity (Wildman–Crippen MR) is 76.6 cm³/mol. The predicted octanol–water partition coefficient (Wildman–Crippen LogP) is 2.90. The molecule has 2 aromatic rings. The third-order valence-electron chi connectivity index (χ3n) is 3.67. The van der Waals surface area contributed by atoms with Crippen molar-refractivity contribution >= 4 is 11.5 Å². The zero-order valence-electron chi connectivity index (χ0n) is 11.1. The number of hydrogen-bond donors (Lipinski definition) is 1. The van der Waals surface area contributed by atoms with Gasteiger partial charge in [0.05, 0.1) is 12.2 Å². The zero-order valence-corrected chi connectivity index (χ0v) is 11.1. The van der Waals surface area contributed by atoms with Crippen molar-refractivity contribution in [2.45, 2.75) is 13.3 Å². The van der Waals surface area contributed by atoms with Crippen LogP contribution in [0.15, 0.2) is 42.6 Å². The Balaban J connectivity index is 1.83. The average molecular weight is 254 g/mol. The van der Waals surface area contributed by atoms with Crippen LogP contribution in [0.5, 0.6) is 0 Å². The van der Waals surface area contributed by atoms with E-state index in [4.69, 9.17) is 0 Å². The minimum absolute atomic E-state index is 0.147. The normalized spacial score (nSPS) is 18.2. The molecule has 0 fully saturated rings. The molecule has 0 amide bonds. The Labute approximate surface area is 113 Å². The molecule has 3 rings (SSSR count). The maximum Gasteiger partial charge on any atom is 0.198 e. The van der Waals surface area contributed by atoms with Crippen molar-refractivity contribution in [1.29, 1.82) is 0 Å². The number of aromatic amines is 1. The molecule has 0 radical (unpaired) electrons. The molecule has 1 aromatic heterocycles. The van der Waals surface area contributed by atoms with Crippen LogP contribution >= 0.6 is 0 Å². The molecule has 0 spiro atoms. The number of aromatic nitrogens is 1. The van der Waals surface area contributed by atoms with Gasteiger partial charge in [-0.15, -0.1) is 0 Å². The van der Waals surface area contributed by atoms with Gasteiger partial charge in [-0.1, -0.05) is 25.1 Å². The molecule has 1 aromatic carbocycles. The molecule has 1 aliphatic heterocycles. The Kier molecular flexibility index (Phi) is 3.11. The molecule has 3 nitrogen and oxygen atoms in total. The Hall–Kier alpha value is -2.03. The Morgan fingerprint density at radius 1 is 1.32 bits per heavy atom. The molecule has 3 heteroatoms. The van der Waals surface area contributed by atoms with Crippen LogP contribution in [0.4, 0.5) is 5.69 Å². The molecule has 1 atom stereocenters. The first-order valence-corrected chi connectivity index (χ1v) is 6.73. The fraction of sp³-hybridized carbons (Fsp3) is 0.312. The van der Waals surface area contributed by atoms with Gasteiger partial charge in [0.25, 0.3) is 0 Å². The van der Waals surface area contributed by atoms with E-state index in [0.717, 1.165) is 13.0 Å². The molecule has 1 N–H and O–H groups in total. The number of benzene rings is 1. The quantitative estimate of drug-likeness (QED) is 0.855. The first kappa shape index (κ1) is 12.0. The number of fused-ring (bicyclic) bond motifs is 1. The van der Waals surface area contributed by atoms with Crippen molar-refractivity contribution in [3.63, 3.8) is 0 Å². The van der Waals surface area contributed by atoms with Crippen LogP contribution in [0.25, 0.3) is 0 Å². The Bertz CT molecular complexity index is 574. The summed E-state index contributed by atoms with van der Waals surface area (Å²) in [5.74, 6) is 0.736. The van der Waals surface area contributed by atoms with E-state index in [1.165, 1.54) is 11.3 Å². The second-order valence-corrected chi connectivity index (χ2v) is 5.33. The number of nitrogens with zero attached hydrogens (tertiary/aromatic N) is 1. The van der Waals surface area contributed by atoms with Gasteiger partial charge in [-0.3, -0.25) is 4.79 Å². The van der Waals surface area contributed by atoms with E-state index in [2.05, 4.69) is 35.0 Å². The lowest BCUT2D eigenvalue weighted by Crippen LogP contribution is -2.38. The summed E-state index contributed by atoms with van der Waals surface area (Å²) in [7, 11) is 0. The SMILES string of the molecule is CC1Cc2ccccc2N(CC(=O)c2ccc[nH]2)C1. The number of rotatable bonds is 3. The van der Waals surface area contributed by atoms with E-state index in [1.807, 2.05) is 18.2 Å². The zero-order chi connectivity index (χ0) is 13.2. The number of carbonyl (C=O) groups excluding carboxylic acids is 1. The Morgan fingerprint density at radius 3 is 2.95 bits per heavy atom. The molecule has 0 bridgehead atoms. The molecule has 1 aliphatic rings. The summed E-state index contributed by atoms with van der Waals surface area (Å²) in [6.07, 6.45) is 2.89. The topological polar surface area (TPSA) is 36.1 Å². The van der Waals surface area contributed by atoms with E-state index >= 15 is 0 Å². The van der Waals surface area contributed by atoms with E-state index < -0.39 is 0 Å². The summed E-state index contributed by atoms with van der Waals surface area (Å²) >= 11 is 0. The highest BCUT2D eigenvalue weighted by atomic mass is 16.1. The highest BCUT2D eigenvalue weighted by Crippen LogP contribution is 2.29. The second-order valence-electron chi connectivity index (χ2n) is 5.33. The molecule has 2 heterocycles. The van der Waals surface area contributed by atoms with Gasteiger partial charge in [0.15, 0.2) is 5.78 Å². The highest BCUT2D eigenvalue weighted by molar-refractivity contribution is 5.97. The summed E-state index contributed by atoms with van der Waals surface area (Å²) < 4.78 is 0. The molecule has 98 valence electrons. The van der Waals surface area contributed by atoms with Crippen molar-refractivity contribution in [3.05, 3.63) is 53.9 Å². The van der Waals surface area contributed by atoms with Crippen molar-refractivity contribution < 1.29 is 4.79 Å². The van der Waals surface area contributed by atoms with E-state index in [9.17, 15) is 4.79 Å². The summed E-state index contributed by atoms with van der Waals surface area (Å²) in [6.45, 7) is 3.63. The third-order valence-corrected chi connectivity index (χ3v) is 3.67. The number of H-pyrrole nitrogens is 1. The fourth-order valence-electron chi connectivity index (χ4n) is 2.82. The molecule has 0 saturated heterocycles. The van der Waals surface area contributed by atoms with Gasteiger partial charge in [0, 0.05) is 18.4 Å². The van der Waals surface area contributed by atoms with Crippen molar-refractivity contribution in [2.24, 2.45) is 5.92 Å². The Morgan fingerprint density at radius 2 is 2.16 bits per heavy atom. The molecule has 1 unspecified atom stereocenters. The van der Waals surface area contributed by atoms with E-state index in [0.29, 0.717) is 18.2 Å². The van der Waals surface area contributed by atoms with Crippen molar-refractivity contribution in [1.82, 2.24) is 4.98 Å². The van der Waals surface area contributed by atoms with Crippen LogP contribution < -0.4 is 4.90 Å². The van der Waals surface area contributed by atoms with Gasteiger partial charge in [-0.2, -0.15) is 0 Å². The third kappa shape index (κ3) is 2.41. The number of nitrogens with one attached hydrogen (secondary N) is 1.